The Labute approximate surface area is 133 Å². The van der Waals surface area contributed by atoms with E-state index in [0.29, 0.717) is 0 Å². The zero-order chi connectivity index (χ0) is 16.4. The van der Waals surface area contributed by atoms with Crippen LogP contribution in [-0.2, 0) is 4.79 Å². The molecule has 4 heteroatoms. The van der Waals surface area contributed by atoms with Gasteiger partial charge in [-0.1, -0.05) is 48.5 Å². The first-order valence-corrected chi connectivity index (χ1v) is 7.58. The van der Waals surface area contributed by atoms with Gasteiger partial charge in [-0.25, -0.2) is 0 Å². The molecule has 0 radical (unpaired) electrons. The number of Topliss-reactive ketones (excluding diaryl/α,β-unsaturated/α-hetero) is 1. The van der Waals surface area contributed by atoms with Crippen molar-refractivity contribution in [2.45, 2.75) is 19.3 Å². The topological polar surface area (TPSA) is 60.2 Å². The minimum absolute atomic E-state index is 0.0335. The third-order valence-corrected chi connectivity index (χ3v) is 4.12. The van der Waals surface area contributed by atoms with Gasteiger partial charge in [-0.15, -0.1) is 0 Å². The van der Waals surface area contributed by atoms with Gasteiger partial charge >= 0.3 is 0 Å². The Morgan fingerprint density at radius 2 is 1.57 bits per heavy atom. The Bertz CT molecular complexity index is 831. The zero-order valence-corrected chi connectivity index (χ0v) is 12.9. The minimum atomic E-state index is -0.418. The van der Waals surface area contributed by atoms with Gasteiger partial charge in [0.05, 0.1) is 5.92 Å². The molecule has 0 heterocycles. The fourth-order valence-corrected chi connectivity index (χ4v) is 3.27. The predicted molar refractivity (Wildman–Crippen MR) is 91.4 cm³/mol. The van der Waals surface area contributed by atoms with Crippen molar-refractivity contribution in [1.29, 1.82) is 0 Å². The highest BCUT2D eigenvalue weighted by Crippen LogP contribution is 2.35. The number of fused-ring (bicyclic) bond motifs is 2. The van der Waals surface area contributed by atoms with E-state index >= 15 is 0 Å². The fraction of sp³-hybridized carbons (Fsp3) is 0.211. The number of hydrogen-bond acceptors (Lipinski definition) is 3. The van der Waals surface area contributed by atoms with Gasteiger partial charge in [0.2, 0.25) is 6.54 Å². The predicted octanol–water partition coefficient (Wildman–Crippen LogP) is 4.33. The molecule has 4 nitrogen and oxygen atoms in total. The standard InChI is InChI=1S/C19H17NO3/c1-13(21)10-16(12-20(22)23)19-17-8-4-2-6-14(17)11-15-7-3-5-9-18(15)19/h2-9,11,16H,10,12H2,1H3. The monoisotopic (exact) mass is 307 g/mol. The SMILES string of the molecule is CC(=O)CC(C[N+](=O)[O-])c1c2ccccc2cc2ccccc12. The van der Waals surface area contributed by atoms with E-state index in [1.807, 2.05) is 48.5 Å². The van der Waals surface area contributed by atoms with Crippen LogP contribution in [0.3, 0.4) is 0 Å². The Morgan fingerprint density at radius 3 is 2.04 bits per heavy atom. The summed E-state index contributed by atoms with van der Waals surface area (Å²) in [5.41, 5.74) is 0.908. The number of carbonyl (C=O) groups excluding carboxylic acids is 1. The van der Waals surface area contributed by atoms with E-state index < -0.39 is 5.92 Å². The Hall–Kier alpha value is -2.75. The smallest absolute Gasteiger partial charge is 0.211 e. The number of nitro groups is 1. The van der Waals surface area contributed by atoms with Crippen molar-refractivity contribution in [3.63, 3.8) is 0 Å². The maximum Gasteiger partial charge on any atom is 0.211 e. The van der Waals surface area contributed by atoms with Gasteiger partial charge in [0.25, 0.3) is 0 Å². The fourth-order valence-electron chi connectivity index (χ4n) is 3.27. The van der Waals surface area contributed by atoms with Gasteiger partial charge in [-0.05, 0) is 40.1 Å². The van der Waals surface area contributed by atoms with Crippen molar-refractivity contribution >= 4 is 27.3 Å². The molecule has 116 valence electrons. The summed E-state index contributed by atoms with van der Waals surface area (Å²) >= 11 is 0. The maximum atomic E-state index is 11.7. The van der Waals surface area contributed by atoms with E-state index in [-0.39, 0.29) is 23.7 Å². The first-order valence-electron chi connectivity index (χ1n) is 7.58. The molecule has 3 rings (SSSR count). The van der Waals surface area contributed by atoms with Gasteiger partial charge in [0.1, 0.15) is 5.78 Å². The van der Waals surface area contributed by atoms with Crippen molar-refractivity contribution < 1.29 is 9.72 Å². The van der Waals surface area contributed by atoms with Crippen LogP contribution >= 0.6 is 0 Å². The highest BCUT2D eigenvalue weighted by molar-refractivity contribution is 6.03. The average molecular weight is 307 g/mol. The highest BCUT2D eigenvalue weighted by Gasteiger charge is 2.24. The number of rotatable bonds is 5. The van der Waals surface area contributed by atoms with Crippen LogP contribution in [0.25, 0.3) is 21.5 Å². The summed E-state index contributed by atoms with van der Waals surface area (Å²) in [7, 11) is 0. The van der Waals surface area contributed by atoms with Crippen LogP contribution in [0, 0.1) is 10.1 Å². The van der Waals surface area contributed by atoms with Crippen LogP contribution < -0.4 is 0 Å². The van der Waals surface area contributed by atoms with Crippen molar-refractivity contribution in [2.24, 2.45) is 0 Å². The number of carbonyl (C=O) groups is 1. The Morgan fingerprint density at radius 1 is 1.04 bits per heavy atom. The van der Waals surface area contributed by atoms with E-state index in [1.54, 1.807) is 0 Å². The van der Waals surface area contributed by atoms with E-state index in [2.05, 4.69) is 6.07 Å². The van der Waals surface area contributed by atoms with Crippen LogP contribution in [0.1, 0.15) is 24.8 Å². The molecule has 0 aliphatic carbocycles. The van der Waals surface area contributed by atoms with E-state index in [1.165, 1.54) is 6.92 Å². The summed E-state index contributed by atoms with van der Waals surface area (Å²) in [5.74, 6) is -0.452. The molecule has 0 saturated carbocycles. The van der Waals surface area contributed by atoms with Crippen molar-refractivity contribution in [3.8, 4) is 0 Å². The van der Waals surface area contributed by atoms with Crippen LogP contribution in [0.15, 0.2) is 54.6 Å². The molecule has 23 heavy (non-hydrogen) atoms. The number of ketones is 1. The van der Waals surface area contributed by atoms with Gasteiger partial charge in [0, 0.05) is 11.3 Å². The van der Waals surface area contributed by atoms with Gasteiger partial charge < -0.3 is 4.79 Å². The second-order valence-electron chi connectivity index (χ2n) is 5.85. The lowest BCUT2D eigenvalue weighted by molar-refractivity contribution is -0.483. The quantitative estimate of drug-likeness (QED) is 0.400. The van der Waals surface area contributed by atoms with Gasteiger partial charge in [-0.2, -0.15) is 0 Å². The molecule has 3 aromatic rings. The van der Waals surface area contributed by atoms with Crippen molar-refractivity contribution in [3.05, 3.63) is 70.3 Å². The van der Waals surface area contributed by atoms with Crippen LogP contribution in [-0.4, -0.2) is 17.3 Å². The summed E-state index contributed by atoms with van der Waals surface area (Å²) in [4.78, 5) is 22.5. The number of nitrogens with zero attached hydrogens (tertiary/aromatic N) is 1. The minimum Gasteiger partial charge on any atom is -0.300 e. The molecule has 3 aromatic carbocycles. The maximum absolute atomic E-state index is 11.7. The molecule has 0 aliphatic heterocycles. The first-order chi connectivity index (χ1) is 11.1. The number of benzene rings is 3. The summed E-state index contributed by atoms with van der Waals surface area (Å²) in [5, 5.41) is 15.2. The average Bonchev–Trinajstić information content (AvgIpc) is 2.51. The highest BCUT2D eigenvalue weighted by atomic mass is 16.6. The summed E-state index contributed by atoms with van der Waals surface area (Å²) < 4.78 is 0. The zero-order valence-electron chi connectivity index (χ0n) is 12.9. The molecule has 0 amide bonds. The molecular formula is C19H17NO3. The van der Waals surface area contributed by atoms with Gasteiger partial charge in [-0.3, -0.25) is 10.1 Å². The molecule has 1 unspecified atom stereocenters. The molecular weight excluding hydrogens is 290 g/mol. The largest absolute Gasteiger partial charge is 0.300 e. The lowest BCUT2D eigenvalue weighted by atomic mass is 9.86. The summed E-state index contributed by atoms with van der Waals surface area (Å²) in [6.45, 7) is 1.25. The first kappa shape index (κ1) is 15.2. The Balaban J connectivity index is 2.33. The lowest BCUT2D eigenvalue weighted by Gasteiger charge is -2.18. The van der Waals surface area contributed by atoms with E-state index in [0.717, 1.165) is 27.1 Å². The van der Waals surface area contributed by atoms with E-state index in [9.17, 15) is 14.9 Å². The van der Waals surface area contributed by atoms with Crippen molar-refractivity contribution in [2.75, 3.05) is 6.54 Å². The second-order valence-corrected chi connectivity index (χ2v) is 5.85. The second kappa shape index (κ2) is 6.16. The molecule has 1 atom stereocenters. The summed E-state index contributed by atoms with van der Waals surface area (Å²) in [6, 6.07) is 17.8. The Kier molecular flexibility index (Phi) is 4.06. The molecule has 0 spiro atoms. The number of hydrogen-bond donors (Lipinski definition) is 0. The molecule has 0 N–H and O–H groups in total. The van der Waals surface area contributed by atoms with Crippen LogP contribution in [0.2, 0.25) is 0 Å². The normalized spacial score (nSPS) is 12.4. The summed E-state index contributed by atoms with van der Waals surface area (Å²) in [6.07, 6.45) is 0.180. The van der Waals surface area contributed by atoms with Gasteiger partial charge in [0.15, 0.2) is 0 Å². The molecule has 0 fully saturated rings. The lowest BCUT2D eigenvalue weighted by Crippen LogP contribution is -2.16. The molecule has 0 aliphatic rings. The molecule has 0 bridgehead atoms. The third-order valence-electron chi connectivity index (χ3n) is 4.12. The van der Waals surface area contributed by atoms with Crippen LogP contribution in [0.5, 0.6) is 0 Å². The molecule has 0 saturated heterocycles. The van der Waals surface area contributed by atoms with E-state index in [4.69, 9.17) is 0 Å². The van der Waals surface area contributed by atoms with Crippen LogP contribution in [0.4, 0.5) is 0 Å². The molecule has 0 aromatic heterocycles. The van der Waals surface area contributed by atoms with Crippen molar-refractivity contribution in [1.82, 2.24) is 0 Å². The third kappa shape index (κ3) is 3.06.